The van der Waals surface area contributed by atoms with Gasteiger partial charge in [0.25, 0.3) is 5.91 Å². The normalized spacial score (nSPS) is 12.2. The Morgan fingerprint density at radius 1 is 1.05 bits per heavy atom. The summed E-state index contributed by atoms with van der Waals surface area (Å²) in [5, 5.41) is 16.0. The van der Waals surface area contributed by atoms with Crippen molar-refractivity contribution in [3.63, 3.8) is 0 Å². The highest BCUT2D eigenvalue weighted by molar-refractivity contribution is 7.89. The number of carbonyl (C=O) groups excluding carboxylic acids is 1. The van der Waals surface area contributed by atoms with E-state index < -0.39 is 15.9 Å². The van der Waals surface area contributed by atoms with Gasteiger partial charge in [-0.3, -0.25) is 4.79 Å². The number of rotatable bonds is 11. The predicted octanol–water partition coefficient (Wildman–Crippen LogP) is 4.15. The Balaban J connectivity index is 1.87. The Labute approximate surface area is 218 Å². The second kappa shape index (κ2) is 12.0. The molecule has 10 heteroatoms. The largest absolute Gasteiger partial charge is 0.504 e. The average Bonchev–Trinajstić information content (AvgIpc) is 2.88. The molecule has 3 aromatic carbocycles. The molecule has 0 saturated carbocycles. The van der Waals surface area contributed by atoms with Crippen molar-refractivity contribution in [2.75, 3.05) is 33.1 Å². The van der Waals surface area contributed by atoms with Crippen molar-refractivity contribution in [2.24, 2.45) is 0 Å². The first-order valence-electron chi connectivity index (χ1n) is 11.8. The number of anilines is 1. The van der Waals surface area contributed by atoms with E-state index in [9.17, 15) is 18.3 Å². The Morgan fingerprint density at radius 3 is 2.38 bits per heavy atom. The van der Waals surface area contributed by atoms with E-state index >= 15 is 0 Å². The number of phenolic OH excluding ortho intramolecular Hbond substituents is 1. The minimum absolute atomic E-state index is 0.00883. The monoisotopic (exact) mass is 527 g/mol. The number of ether oxygens (including phenoxy) is 2. The lowest BCUT2D eigenvalue weighted by Crippen LogP contribution is -2.27. The standard InChI is InChI=1S/C27H33N3O6S/c1-6-36-26-13-19(7-12-25(26)31)17-28-22-14-21(15-24(16-22)37(33,34)30(3)4)27(32)29-18(2)20-8-10-23(35-5)11-9-20/h7-16,18,28,31H,6,17H2,1-5H3,(H,29,32)/t18-/m1/s1. The maximum atomic E-state index is 13.2. The number of benzene rings is 3. The van der Waals surface area contributed by atoms with Crippen LogP contribution in [0.25, 0.3) is 0 Å². The van der Waals surface area contributed by atoms with E-state index in [1.165, 1.54) is 32.3 Å². The molecule has 0 aliphatic rings. The highest BCUT2D eigenvalue weighted by Crippen LogP contribution is 2.28. The van der Waals surface area contributed by atoms with Crippen molar-refractivity contribution in [3.05, 3.63) is 77.4 Å². The summed E-state index contributed by atoms with van der Waals surface area (Å²) in [7, 11) is 0.658. The van der Waals surface area contributed by atoms with Crippen LogP contribution in [0.2, 0.25) is 0 Å². The fraction of sp³-hybridized carbons (Fsp3) is 0.296. The maximum Gasteiger partial charge on any atom is 0.251 e. The van der Waals surface area contributed by atoms with Gasteiger partial charge in [-0.05, 0) is 67.4 Å². The second-order valence-corrected chi connectivity index (χ2v) is 10.7. The number of sulfonamides is 1. The third-order valence-corrected chi connectivity index (χ3v) is 7.52. The van der Waals surface area contributed by atoms with E-state index in [1.807, 2.05) is 38.1 Å². The van der Waals surface area contributed by atoms with Crippen LogP contribution in [0.15, 0.2) is 65.6 Å². The molecule has 1 amide bonds. The van der Waals surface area contributed by atoms with Crippen LogP contribution in [0.4, 0.5) is 5.69 Å². The van der Waals surface area contributed by atoms with Crippen molar-refractivity contribution in [3.8, 4) is 17.2 Å². The van der Waals surface area contributed by atoms with Crippen LogP contribution in [-0.4, -0.2) is 51.5 Å². The molecule has 0 fully saturated rings. The summed E-state index contributed by atoms with van der Waals surface area (Å²) in [6.45, 7) is 4.39. The van der Waals surface area contributed by atoms with Crippen molar-refractivity contribution < 1.29 is 27.8 Å². The van der Waals surface area contributed by atoms with Crippen LogP contribution >= 0.6 is 0 Å². The molecule has 0 bridgehead atoms. The maximum absolute atomic E-state index is 13.2. The van der Waals surface area contributed by atoms with Gasteiger partial charge >= 0.3 is 0 Å². The number of hydrogen-bond acceptors (Lipinski definition) is 7. The molecular formula is C27H33N3O6S. The molecule has 0 radical (unpaired) electrons. The summed E-state index contributed by atoms with van der Waals surface area (Å²) in [5.74, 6) is 0.694. The molecule has 3 rings (SSSR count). The molecule has 0 aromatic heterocycles. The Morgan fingerprint density at radius 2 is 1.76 bits per heavy atom. The second-order valence-electron chi connectivity index (χ2n) is 8.59. The molecular weight excluding hydrogens is 494 g/mol. The third-order valence-electron chi connectivity index (χ3n) is 5.73. The van der Waals surface area contributed by atoms with Crippen molar-refractivity contribution >= 4 is 21.6 Å². The van der Waals surface area contributed by atoms with Crippen LogP contribution in [0, 0.1) is 0 Å². The Bertz CT molecular complexity index is 1340. The quantitative estimate of drug-likeness (QED) is 0.343. The zero-order valence-electron chi connectivity index (χ0n) is 21.6. The molecule has 198 valence electrons. The third kappa shape index (κ3) is 6.93. The van der Waals surface area contributed by atoms with Crippen molar-refractivity contribution in [2.45, 2.75) is 31.3 Å². The van der Waals surface area contributed by atoms with Gasteiger partial charge in [0.2, 0.25) is 10.0 Å². The van der Waals surface area contributed by atoms with Crippen molar-refractivity contribution in [1.29, 1.82) is 0 Å². The fourth-order valence-electron chi connectivity index (χ4n) is 3.59. The minimum Gasteiger partial charge on any atom is -0.504 e. The summed E-state index contributed by atoms with van der Waals surface area (Å²) < 4.78 is 37.5. The van der Waals surface area contributed by atoms with Crippen LogP contribution < -0.4 is 20.1 Å². The van der Waals surface area contributed by atoms with E-state index in [0.717, 1.165) is 15.4 Å². The van der Waals surface area contributed by atoms with Gasteiger partial charge in [-0.15, -0.1) is 0 Å². The smallest absolute Gasteiger partial charge is 0.251 e. The molecule has 0 saturated heterocycles. The molecule has 37 heavy (non-hydrogen) atoms. The predicted molar refractivity (Wildman–Crippen MR) is 143 cm³/mol. The number of methoxy groups -OCH3 is 1. The topological polar surface area (TPSA) is 117 Å². The minimum atomic E-state index is -3.80. The van der Waals surface area contributed by atoms with Crippen LogP contribution in [0.5, 0.6) is 17.2 Å². The first-order chi connectivity index (χ1) is 17.5. The summed E-state index contributed by atoms with van der Waals surface area (Å²) in [6.07, 6.45) is 0. The van der Waals surface area contributed by atoms with Gasteiger partial charge in [-0.2, -0.15) is 0 Å². The molecule has 1 atom stereocenters. The number of amides is 1. The van der Waals surface area contributed by atoms with E-state index in [-0.39, 0.29) is 22.3 Å². The van der Waals surface area contributed by atoms with Gasteiger partial charge in [0.15, 0.2) is 11.5 Å². The number of nitrogens with one attached hydrogen (secondary N) is 2. The van der Waals surface area contributed by atoms with Gasteiger partial charge in [0.05, 0.1) is 24.7 Å². The summed E-state index contributed by atoms with van der Waals surface area (Å²) in [6, 6.07) is 16.4. The van der Waals surface area contributed by atoms with Gasteiger partial charge in [-0.25, -0.2) is 12.7 Å². The summed E-state index contributed by atoms with van der Waals surface area (Å²) >= 11 is 0. The van der Waals surface area contributed by atoms with Gasteiger partial charge in [-0.1, -0.05) is 18.2 Å². The zero-order chi connectivity index (χ0) is 27.2. The highest BCUT2D eigenvalue weighted by atomic mass is 32.2. The van der Waals surface area contributed by atoms with Gasteiger partial charge in [0, 0.05) is 31.9 Å². The fourth-order valence-corrected chi connectivity index (χ4v) is 4.57. The number of nitrogens with zero attached hydrogens (tertiary/aromatic N) is 1. The number of hydrogen-bond donors (Lipinski definition) is 3. The van der Waals surface area contributed by atoms with Crippen LogP contribution in [0.1, 0.15) is 41.4 Å². The van der Waals surface area contributed by atoms with Gasteiger partial charge < -0.3 is 25.2 Å². The number of aromatic hydroxyl groups is 1. The first-order valence-corrected chi connectivity index (χ1v) is 13.2. The molecule has 3 N–H and O–H groups in total. The molecule has 0 aliphatic heterocycles. The molecule has 9 nitrogen and oxygen atoms in total. The van der Waals surface area contributed by atoms with E-state index in [1.54, 1.807) is 25.3 Å². The van der Waals surface area contributed by atoms with E-state index in [0.29, 0.717) is 30.3 Å². The molecule has 0 heterocycles. The zero-order valence-corrected chi connectivity index (χ0v) is 22.4. The van der Waals surface area contributed by atoms with E-state index in [4.69, 9.17) is 9.47 Å². The number of carbonyl (C=O) groups is 1. The highest BCUT2D eigenvalue weighted by Gasteiger charge is 2.21. The first kappa shape index (κ1) is 27.8. The number of phenols is 1. The lowest BCUT2D eigenvalue weighted by Gasteiger charge is -2.18. The van der Waals surface area contributed by atoms with Crippen LogP contribution in [0.3, 0.4) is 0 Å². The van der Waals surface area contributed by atoms with Crippen LogP contribution in [-0.2, 0) is 16.6 Å². The molecule has 0 unspecified atom stereocenters. The molecule has 0 aliphatic carbocycles. The van der Waals surface area contributed by atoms with Crippen molar-refractivity contribution in [1.82, 2.24) is 9.62 Å². The lowest BCUT2D eigenvalue weighted by atomic mass is 10.1. The lowest BCUT2D eigenvalue weighted by molar-refractivity contribution is 0.0939. The van der Waals surface area contributed by atoms with Gasteiger partial charge in [0.1, 0.15) is 5.75 Å². The van der Waals surface area contributed by atoms with E-state index in [2.05, 4.69) is 10.6 Å². The average molecular weight is 528 g/mol. The SMILES string of the molecule is CCOc1cc(CNc2cc(C(=O)N[C@H](C)c3ccc(OC)cc3)cc(S(=O)(=O)N(C)C)c2)ccc1O. The molecule has 0 spiro atoms. The summed E-state index contributed by atoms with van der Waals surface area (Å²) in [5.41, 5.74) is 2.34. The summed E-state index contributed by atoms with van der Waals surface area (Å²) in [4.78, 5) is 13.2. The molecule has 3 aromatic rings. The Hall–Kier alpha value is -3.76. The Kier molecular flexibility index (Phi) is 9.01.